The Labute approximate surface area is 121 Å². The van der Waals surface area contributed by atoms with Crippen molar-refractivity contribution < 1.29 is 0 Å². The van der Waals surface area contributed by atoms with Crippen LogP contribution in [0, 0.1) is 6.92 Å². The summed E-state index contributed by atoms with van der Waals surface area (Å²) >= 11 is 1.80. The lowest BCUT2D eigenvalue weighted by molar-refractivity contribution is 0.131. The summed E-state index contributed by atoms with van der Waals surface area (Å²) < 4.78 is 0. The first-order chi connectivity index (χ1) is 8.94. The zero-order valence-corrected chi connectivity index (χ0v) is 13.5. The number of thiazole rings is 1. The monoisotopic (exact) mass is 281 g/mol. The molecule has 1 N–H and O–H groups in total. The maximum atomic E-state index is 4.60. The molecule has 3 nitrogen and oxygen atoms in total. The van der Waals surface area contributed by atoms with Gasteiger partial charge in [0.25, 0.3) is 0 Å². The van der Waals surface area contributed by atoms with Gasteiger partial charge in [-0.3, -0.25) is 4.90 Å². The molecule has 1 aromatic rings. The van der Waals surface area contributed by atoms with Crippen LogP contribution >= 0.6 is 11.3 Å². The van der Waals surface area contributed by atoms with Gasteiger partial charge in [-0.25, -0.2) is 4.98 Å². The molecule has 2 heterocycles. The first-order valence-electron chi connectivity index (χ1n) is 7.34. The minimum Gasteiger partial charge on any atom is -0.311 e. The van der Waals surface area contributed by atoms with Gasteiger partial charge >= 0.3 is 0 Å². The molecule has 19 heavy (non-hydrogen) atoms. The molecule has 0 bridgehead atoms. The Morgan fingerprint density at radius 3 is 2.84 bits per heavy atom. The smallest absolute Gasteiger partial charge is 0.107 e. The van der Waals surface area contributed by atoms with Crippen molar-refractivity contribution in [3.05, 3.63) is 16.1 Å². The van der Waals surface area contributed by atoms with Crippen LogP contribution in [0.2, 0.25) is 0 Å². The van der Waals surface area contributed by atoms with E-state index in [1.807, 2.05) is 0 Å². The highest BCUT2D eigenvalue weighted by atomic mass is 32.1. The van der Waals surface area contributed by atoms with E-state index in [9.17, 15) is 0 Å². The van der Waals surface area contributed by atoms with Gasteiger partial charge in [0, 0.05) is 29.2 Å². The molecule has 1 unspecified atom stereocenters. The predicted molar refractivity (Wildman–Crippen MR) is 82.7 cm³/mol. The predicted octanol–water partition coefficient (Wildman–Crippen LogP) is 3.19. The van der Waals surface area contributed by atoms with E-state index in [2.05, 4.69) is 48.3 Å². The van der Waals surface area contributed by atoms with E-state index in [0.717, 1.165) is 18.8 Å². The molecule has 108 valence electrons. The lowest BCUT2D eigenvalue weighted by atomic mass is 10.0. The number of piperidine rings is 1. The van der Waals surface area contributed by atoms with Crippen molar-refractivity contribution in [2.24, 2.45) is 0 Å². The van der Waals surface area contributed by atoms with Crippen LogP contribution in [0.3, 0.4) is 0 Å². The molecule has 1 aliphatic heterocycles. The fraction of sp³-hybridized carbons (Fsp3) is 0.800. The summed E-state index contributed by atoms with van der Waals surface area (Å²) in [5.41, 5.74) is 1.36. The van der Waals surface area contributed by atoms with Gasteiger partial charge in [0.1, 0.15) is 5.01 Å². The minimum atomic E-state index is 0.209. The molecule has 0 aliphatic carbocycles. The van der Waals surface area contributed by atoms with Crippen LogP contribution in [0.5, 0.6) is 0 Å². The SMILES string of the molecule is Cc1csc(CN2CCCCC2CNC(C)(C)C)n1. The molecule has 1 saturated heterocycles. The van der Waals surface area contributed by atoms with Crippen molar-refractivity contribution in [1.29, 1.82) is 0 Å². The number of hydrogen-bond acceptors (Lipinski definition) is 4. The molecule has 1 atom stereocenters. The highest BCUT2D eigenvalue weighted by Gasteiger charge is 2.24. The standard InChI is InChI=1S/C15H27N3S/c1-12-11-19-14(17-12)10-18-8-6-5-7-13(18)9-16-15(2,3)4/h11,13,16H,5-10H2,1-4H3. The van der Waals surface area contributed by atoms with E-state index >= 15 is 0 Å². The van der Waals surface area contributed by atoms with Gasteiger partial charge in [-0.2, -0.15) is 0 Å². The molecule has 1 aromatic heterocycles. The van der Waals surface area contributed by atoms with E-state index in [0.29, 0.717) is 6.04 Å². The summed E-state index contributed by atoms with van der Waals surface area (Å²) in [6.07, 6.45) is 4.01. The van der Waals surface area contributed by atoms with E-state index in [1.165, 1.54) is 30.8 Å². The molecule has 1 aliphatic rings. The minimum absolute atomic E-state index is 0.209. The second-order valence-corrected chi connectivity index (χ2v) is 7.58. The first-order valence-corrected chi connectivity index (χ1v) is 8.22. The molecular formula is C15H27N3S. The lowest BCUT2D eigenvalue weighted by Crippen LogP contribution is -2.49. The summed E-state index contributed by atoms with van der Waals surface area (Å²) in [5, 5.41) is 7.07. The van der Waals surface area contributed by atoms with Gasteiger partial charge in [-0.15, -0.1) is 11.3 Å². The molecule has 0 radical (unpaired) electrons. The summed E-state index contributed by atoms with van der Waals surface area (Å²) in [7, 11) is 0. The second-order valence-electron chi connectivity index (χ2n) is 6.63. The Morgan fingerprint density at radius 1 is 1.42 bits per heavy atom. The highest BCUT2D eigenvalue weighted by Crippen LogP contribution is 2.21. The Morgan fingerprint density at radius 2 is 2.21 bits per heavy atom. The third-order valence-corrected chi connectivity index (χ3v) is 4.57. The zero-order chi connectivity index (χ0) is 13.9. The van der Waals surface area contributed by atoms with E-state index < -0.39 is 0 Å². The summed E-state index contributed by atoms with van der Waals surface area (Å²) in [6.45, 7) is 12.1. The molecule has 0 amide bonds. The number of nitrogens with zero attached hydrogens (tertiary/aromatic N) is 2. The number of hydrogen-bond donors (Lipinski definition) is 1. The maximum Gasteiger partial charge on any atom is 0.107 e. The van der Waals surface area contributed by atoms with Gasteiger partial charge in [0.05, 0.1) is 6.54 Å². The molecule has 1 fully saturated rings. The second kappa shape index (κ2) is 6.33. The third kappa shape index (κ3) is 4.86. The maximum absolute atomic E-state index is 4.60. The van der Waals surface area contributed by atoms with Gasteiger partial charge in [0.2, 0.25) is 0 Å². The number of aromatic nitrogens is 1. The van der Waals surface area contributed by atoms with E-state index in [-0.39, 0.29) is 5.54 Å². The Kier molecular flexibility index (Phi) is 4.98. The van der Waals surface area contributed by atoms with Crippen molar-refractivity contribution in [2.45, 2.75) is 65.1 Å². The van der Waals surface area contributed by atoms with Crippen molar-refractivity contribution >= 4 is 11.3 Å². The van der Waals surface area contributed by atoms with Crippen LogP contribution in [0.25, 0.3) is 0 Å². The fourth-order valence-corrected chi connectivity index (χ4v) is 3.37. The summed E-state index contributed by atoms with van der Waals surface area (Å²) in [5.74, 6) is 0. The topological polar surface area (TPSA) is 28.2 Å². The summed E-state index contributed by atoms with van der Waals surface area (Å²) in [6, 6.07) is 0.664. The molecule has 0 saturated carbocycles. The molecule has 2 rings (SSSR count). The molecular weight excluding hydrogens is 254 g/mol. The number of rotatable bonds is 4. The normalized spacial score (nSPS) is 21.8. The van der Waals surface area contributed by atoms with Gasteiger partial charge in [-0.05, 0) is 47.1 Å². The number of likely N-dealkylation sites (tertiary alicyclic amines) is 1. The van der Waals surface area contributed by atoms with Crippen LogP contribution in [-0.2, 0) is 6.54 Å². The zero-order valence-electron chi connectivity index (χ0n) is 12.7. The lowest BCUT2D eigenvalue weighted by Gasteiger charge is -2.37. The number of nitrogens with one attached hydrogen (secondary N) is 1. The van der Waals surface area contributed by atoms with Crippen molar-refractivity contribution in [2.75, 3.05) is 13.1 Å². The van der Waals surface area contributed by atoms with Crippen LogP contribution in [-0.4, -0.2) is 34.6 Å². The van der Waals surface area contributed by atoms with E-state index in [1.54, 1.807) is 11.3 Å². The number of aryl methyl sites for hydroxylation is 1. The molecule has 0 spiro atoms. The quantitative estimate of drug-likeness (QED) is 0.918. The highest BCUT2D eigenvalue weighted by molar-refractivity contribution is 7.09. The summed E-state index contributed by atoms with van der Waals surface area (Å²) in [4.78, 5) is 7.22. The largest absolute Gasteiger partial charge is 0.311 e. The van der Waals surface area contributed by atoms with Crippen molar-refractivity contribution in [3.63, 3.8) is 0 Å². The molecule has 0 aromatic carbocycles. The van der Waals surface area contributed by atoms with Crippen LogP contribution < -0.4 is 5.32 Å². The fourth-order valence-electron chi connectivity index (χ4n) is 2.57. The Bertz CT molecular complexity index is 394. The van der Waals surface area contributed by atoms with Gasteiger partial charge in [0.15, 0.2) is 0 Å². The van der Waals surface area contributed by atoms with E-state index in [4.69, 9.17) is 0 Å². The van der Waals surface area contributed by atoms with Crippen molar-refractivity contribution in [3.8, 4) is 0 Å². The van der Waals surface area contributed by atoms with Crippen LogP contribution in [0.4, 0.5) is 0 Å². The van der Waals surface area contributed by atoms with Gasteiger partial charge in [-0.1, -0.05) is 6.42 Å². The van der Waals surface area contributed by atoms with Crippen LogP contribution in [0.15, 0.2) is 5.38 Å². The molecule has 4 heteroatoms. The first kappa shape index (κ1) is 14.9. The average Bonchev–Trinajstić information content (AvgIpc) is 2.73. The van der Waals surface area contributed by atoms with Crippen molar-refractivity contribution in [1.82, 2.24) is 15.2 Å². The van der Waals surface area contributed by atoms with Crippen LogP contribution in [0.1, 0.15) is 50.7 Å². The average molecular weight is 281 g/mol. The Hall–Kier alpha value is -0.450. The third-order valence-electron chi connectivity index (χ3n) is 3.62. The van der Waals surface area contributed by atoms with Gasteiger partial charge < -0.3 is 5.32 Å². The Balaban J connectivity index is 1.92.